The molecule has 0 aliphatic rings. The molecule has 1 atom stereocenters. The second-order valence-electron chi connectivity index (χ2n) is 3.84. The smallest absolute Gasteiger partial charge is 0.188 e. The number of Topliss-reactive ketones (excluding diaryl/α,β-unsaturated/α-hetero) is 1. The van der Waals surface area contributed by atoms with Crippen LogP contribution in [0.3, 0.4) is 0 Å². The molecular formula is C14H11ClO3. The number of benzene rings is 2. The normalized spacial score (nSPS) is 12.1. The Balaban J connectivity index is 2.32. The van der Waals surface area contributed by atoms with Crippen molar-refractivity contribution in [3.8, 4) is 11.5 Å². The lowest BCUT2D eigenvalue weighted by atomic mass is 10.0. The first-order valence-corrected chi connectivity index (χ1v) is 5.78. The van der Waals surface area contributed by atoms with Crippen molar-refractivity contribution in [3.05, 3.63) is 59.7 Å². The molecule has 92 valence electrons. The lowest BCUT2D eigenvalue weighted by Gasteiger charge is -2.10. The molecule has 0 fully saturated rings. The molecule has 4 heteroatoms. The number of phenolic OH excluding ortho intramolecular Hbond substituents is 2. The van der Waals surface area contributed by atoms with Crippen LogP contribution in [0.1, 0.15) is 21.3 Å². The molecule has 0 spiro atoms. The minimum Gasteiger partial charge on any atom is -0.508 e. The Bertz CT molecular complexity index is 567. The Kier molecular flexibility index (Phi) is 3.53. The SMILES string of the molecule is O=C(c1ccc(O)cc1O)C(Cl)c1ccccc1. The summed E-state index contributed by atoms with van der Waals surface area (Å²) in [4.78, 5) is 12.1. The number of phenols is 2. The molecule has 18 heavy (non-hydrogen) atoms. The zero-order valence-electron chi connectivity index (χ0n) is 9.38. The molecule has 0 aromatic heterocycles. The Labute approximate surface area is 109 Å². The lowest BCUT2D eigenvalue weighted by molar-refractivity contribution is 0.0984. The van der Waals surface area contributed by atoms with Gasteiger partial charge in [-0.2, -0.15) is 0 Å². The van der Waals surface area contributed by atoms with E-state index in [0.29, 0.717) is 5.56 Å². The third-order valence-corrected chi connectivity index (χ3v) is 3.02. The van der Waals surface area contributed by atoms with E-state index in [9.17, 15) is 15.0 Å². The molecule has 2 rings (SSSR count). The summed E-state index contributed by atoms with van der Waals surface area (Å²) in [6.07, 6.45) is 0. The van der Waals surface area contributed by atoms with Gasteiger partial charge in [-0.05, 0) is 17.7 Å². The van der Waals surface area contributed by atoms with Crippen molar-refractivity contribution in [1.82, 2.24) is 0 Å². The molecule has 0 saturated heterocycles. The van der Waals surface area contributed by atoms with Crippen LogP contribution in [0.15, 0.2) is 48.5 Å². The predicted molar refractivity (Wildman–Crippen MR) is 69.1 cm³/mol. The highest BCUT2D eigenvalue weighted by Crippen LogP contribution is 2.30. The first-order valence-electron chi connectivity index (χ1n) is 5.35. The molecule has 0 aliphatic heterocycles. The second kappa shape index (κ2) is 5.10. The summed E-state index contributed by atoms with van der Waals surface area (Å²) >= 11 is 6.08. The van der Waals surface area contributed by atoms with E-state index in [-0.39, 0.29) is 17.1 Å². The summed E-state index contributed by atoms with van der Waals surface area (Å²) in [5.41, 5.74) is 0.758. The fourth-order valence-electron chi connectivity index (χ4n) is 1.64. The number of carbonyl (C=O) groups is 1. The van der Waals surface area contributed by atoms with Gasteiger partial charge in [-0.3, -0.25) is 4.79 Å². The molecule has 0 radical (unpaired) electrons. The number of halogens is 1. The Morgan fingerprint density at radius 3 is 2.33 bits per heavy atom. The van der Waals surface area contributed by atoms with E-state index in [2.05, 4.69) is 0 Å². The predicted octanol–water partition coefficient (Wildman–Crippen LogP) is 3.26. The van der Waals surface area contributed by atoms with Crippen LogP contribution in [0, 0.1) is 0 Å². The van der Waals surface area contributed by atoms with Crippen molar-refractivity contribution in [1.29, 1.82) is 0 Å². The maximum Gasteiger partial charge on any atom is 0.188 e. The fourth-order valence-corrected chi connectivity index (χ4v) is 1.90. The average molecular weight is 263 g/mol. The zero-order chi connectivity index (χ0) is 13.1. The molecule has 0 aliphatic carbocycles. The van der Waals surface area contributed by atoms with Crippen LogP contribution < -0.4 is 0 Å². The highest BCUT2D eigenvalue weighted by Gasteiger charge is 2.21. The number of ketones is 1. The summed E-state index contributed by atoms with van der Waals surface area (Å²) in [5, 5.41) is 17.9. The highest BCUT2D eigenvalue weighted by molar-refractivity contribution is 6.34. The lowest BCUT2D eigenvalue weighted by Crippen LogP contribution is -2.07. The third-order valence-electron chi connectivity index (χ3n) is 2.57. The number of aromatic hydroxyl groups is 2. The topological polar surface area (TPSA) is 57.5 Å². The van der Waals surface area contributed by atoms with Crippen molar-refractivity contribution in [3.63, 3.8) is 0 Å². The van der Waals surface area contributed by atoms with Crippen LogP contribution in [0.4, 0.5) is 0 Å². The van der Waals surface area contributed by atoms with Crippen molar-refractivity contribution < 1.29 is 15.0 Å². The van der Waals surface area contributed by atoms with Crippen molar-refractivity contribution in [2.45, 2.75) is 5.38 Å². The maximum absolute atomic E-state index is 12.1. The quantitative estimate of drug-likeness (QED) is 0.659. The van der Waals surface area contributed by atoms with Crippen LogP contribution in [-0.2, 0) is 0 Å². The largest absolute Gasteiger partial charge is 0.508 e. The molecular weight excluding hydrogens is 252 g/mol. The standard InChI is InChI=1S/C14H11ClO3/c15-13(9-4-2-1-3-5-9)14(18)11-7-6-10(16)8-12(11)17/h1-8,13,16-17H. The minimum atomic E-state index is -0.860. The van der Waals surface area contributed by atoms with Crippen molar-refractivity contribution in [2.75, 3.05) is 0 Å². The number of rotatable bonds is 3. The molecule has 2 N–H and O–H groups in total. The van der Waals surface area contributed by atoms with E-state index in [1.165, 1.54) is 12.1 Å². The van der Waals surface area contributed by atoms with Gasteiger partial charge in [-0.15, -0.1) is 11.6 Å². The van der Waals surface area contributed by atoms with Gasteiger partial charge in [0.25, 0.3) is 0 Å². The third kappa shape index (κ3) is 2.46. The summed E-state index contributed by atoms with van der Waals surface area (Å²) in [6, 6.07) is 12.7. The van der Waals surface area contributed by atoms with Gasteiger partial charge < -0.3 is 10.2 Å². The number of hydrogen-bond acceptors (Lipinski definition) is 3. The highest BCUT2D eigenvalue weighted by atomic mass is 35.5. The first kappa shape index (κ1) is 12.5. The van der Waals surface area contributed by atoms with Crippen LogP contribution in [-0.4, -0.2) is 16.0 Å². The van der Waals surface area contributed by atoms with E-state index in [4.69, 9.17) is 11.6 Å². The molecule has 2 aromatic carbocycles. The van der Waals surface area contributed by atoms with Crippen LogP contribution >= 0.6 is 11.6 Å². The van der Waals surface area contributed by atoms with Gasteiger partial charge in [-0.1, -0.05) is 30.3 Å². The summed E-state index contributed by atoms with van der Waals surface area (Å²) in [7, 11) is 0. The van der Waals surface area contributed by atoms with Gasteiger partial charge >= 0.3 is 0 Å². The number of alkyl halides is 1. The Morgan fingerprint density at radius 2 is 1.72 bits per heavy atom. The second-order valence-corrected chi connectivity index (χ2v) is 4.28. The summed E-state index contributed by atoms with van der Waals surface area (Å²) in [5.74, 6) is -0.781. The number of carbonyl (C=O) groups excluding carboxylic acids is 1. The van der Waals surface area contributed by atoms with Crippen molar-refractivity contribution >= 4 is 17.4 Å². The van der Waals surface area contributed by atoms with E-state index in [0.717, 1.165) is 6.07 Å². The average Bonchev–Trinajstić information content (AvgIpc) is 2.38. The first-order chi connectivity index (χ1) is 8.59. The van der Waals surface area contributed by atoms with Gasteiger partial charge in [-0.25, -0.2) is 0 Å². The Morgan fingerprint density at radius 1 is 1.06 bits per heavy atom. The molecule has 0 saturated carbocycles. The Hall–Kier alpha value is -2.00. The molecule has 3 nitrogen and oxygen atoms in total. The van der Waals surface area contributed by atoms with Gasteiger partial charge in [0.2, 0.25) is 0 Å². The van der Waals surface area contributed by atoms with E-state index < -0.39 is 11.2 Å². The van der Waals surface area contributed by atoms with E-state index >= 15 is 0 Å². The monoisotopic (exact) mass is 262 g/mol. The molecule has 0 heterocycles. The van der Waals surface area contributed by atoms with Gasteiger partial charge in [0, 0.05) is 6.07 Å². The van der Waals surface area contributed by atoms with Crippen LogP contribution in [0.5, 0.6) is 11.5 Å². The fraction of sp³-hybridized carbons (Fsp3) is 0.0714. The van der Waals surface area contributed by atoms with Crippen molar-refractivity contribution in [2.24, 2.45) is 0 Å². The summed E-state index contributed by atoms with van der Waals surface area (Å²) in [6.45, 7) is 0. The zero-order valence-corrected chi connectivity index (χ0v) is 10.1. The maximum atomic E-state index is 12.1. The van der Waals surface area contributed by atoms with E-state index in [1.54, 1.807) is 24.3 Å². The van der Waals surface area contributed by atoms with Gasteiger partial charge in [0.15, 0.2) is 5.78 Å². The molecule has 0 amide bonds. The summed E-state index contributed by atoms with van der Waals surface area (Å²) < 4.78 is 0. The van der Waals surface area contributed by atoms with Gasteiger partial charge in [0.05, 0.1) is 5.56 Å². The number of hydrogen-bond donors (Lipinski definition) is 2. The molecule has 1 unspecified atom stereocenters. The van der Waals surface area contributed by atoms with Crippen LogP contribution in [0.25, 0.3) is 0 Å². The van der Waals surface area contributed by atoms with E-state index in [1.807, 2.05) is 6.07 Å². The molecule has 0 bridgehead atoms. The molecule has 2 aromatic rings. The van der Waals surface area contributed by atoms with Crippen LogP contribution in [0.2, 0.25) is 0 Å². The van der Waals surface area contributed by atoms with Gasteiger partial charge in [0.1, 0.15) is 16.9 Å². The minimum absolute atomic E-state index is 0.0941.